The van der Waals surface area contributed by atoms with Crippen LogP contribution in [0.3, 0.4) is 0 Å². The minimum Gasteiger partial charge on any atom is -0.389 e. The number of nitrogens with two attached hydrogens (primary N) is 1. The number of rotatable bonds is 2. The van der Waals surface area contributed by atoms with Gasteiger partial charge in [-0.25, -0.2) is 8.78 Å². The number of anilines is 1. The zero-order chi connectivity index (χ0) is 15.8. The third-order valence-electron chi connectivity index (χ3n) is 3.90. The molecule has 0 unspecified atom stereocenters. The van der Waals surface area contributed by atoms with E-state index in [4.69, 9.17) is 18.0 Å². The lowest BCUT2D eigenvalue weighted by Gasteiger charge is -2.43. The fraction of sp³-hybridized carbons (Fsp3) is 0.533. The summed E-state index contributed by atoms with van der Waals surface area (Å²) in [4.78, 5) is 4.07. The predicted octanol–water partition coefficient (Wildman–Crippen LogP) is 2.52. The minimum atomic E-state index is -0.960. The van der Waals surface area contributed by atoms with Gasteiger partial charge in [-0.15, -0.1) is 0 Å². The Morgan fingerprint density at radius 1 is 1.10 bits per heavy atom. The van der Waals surface area contributed by atoms with Gasteiger partial charge in [-0.1, -0.05) is 12.2 Å². The first-order valence-electron chi connectivity index (χ1n) is 6.99. The largest absolute Gasteiger partial charge is 0.389 e. The van der Waals surface area contributed by atoms with E-state index in [0.717, 1.165) is 13.1 Å². The topological polar surface area (TPSA) is 32.5 Å². The fourth-order valence-corrected chi connectivity index (χ4v) is 2.75. The van der Waals surface area contributed by atoms with Gasteiger partial charge in [-0.05, 0) is 32.9 Å². The Hall–Kier alpha value is -1.27. The molecule has 1 saturated heterocycles. The van der Waals surface area contributed by atoms with Gasteiger partial charge < -0.3 is 10.6 Å². The molecule has 21 heavy (non-hydrogen) atoms. The van der Waals surface area contributed by atoms with E-state index >= 15 is 0 Å². The van der Waals surface area contributed by atoms with Gasteiger partial charge in [0.25, 0.3) is 0 Å². The maximum atomic E-state index is 14.2. The molecule has 116 valence electrons. The SMILES string of the molecule is CC(C)(C)N1CCN(c2ccc(C(N)=S)c(F)c2F)CC1. The highest BCUT2D eigenvalue weighted by Crippen LogP contribution is 2.26. The van der Waals surface area contributed by atoms with Gasteiger partial charge in [0.05, 0.1) is 5.69 Å². The molecule has 0 aromatic heterocycles. The van der Waals surface area contributed by atoms with E-state index in [2.05, 4.69) is 25.7 Å². The molecule has 2 rings (SSSR count). The lowest BCUT2D eigenvalue weighted by atomic mass is 10.0. The molecule has 0 atom stereocenters. The fourth-order valence-electron chi connectivity index (χ4n) is 2.59. The molecule has 1 heterocycles. The van der Waals surface area contributed by atoms with Crippen LogP contribution in [-0.4, -0.2) is 41.6 Å². The van der Waals surface area contributed by atoms with Gasteiger partial charge in [0.1, 0.15) is 4.99 Å². The van der Waals surface area contributed by atoms with Crippen molar-refractivity contribution >= 4 is 22.9 Å². The number of hydrogen-bond acceptors (Lipinski definition) is 3. The number of thiocarbonyl (C=S) groups is 1. The van der Waals surface area contributed by atoms with Gasteiger partial charge >= 0.3 is 0 Å². The van der Waals surface area contributed by atoms with Crippen molar-refractivity contribution in [1.82, 2.24) is 4.90 Å². The van der Waals surface area contributed by atoms with Crippen LogP contribution in [0.1, 0.15) is 26.3 Å². The van der Waals surface area contributed by atoms with Crippen LogP contribution in [0.4, 0.5) is 14.5 Å². The Morgan fingerprint density at radius 2 is 1.67 bits per heavy atom. The number of benzene rings is 1. The monoisotopic (exact) mass is 313 g/mol. The number of nitrogens with zero attached hydrogens (tertiary/aromatic N) is 2. The summed E-state index contributed by atoms with van der Waals surface area (Å²) < 4.78 is 28.1. The van der Waals surface area contributed by atoms with E-state index in [9.17, 15) is 8.78 Å². The highest BCUT2D eigenvalue weighted by Gasteiger charge is 2.27. The third-order valence-corrected chi connectivity index (χ3v) is 4.12. The second-order valence-electron chi connectivity index (χ2n) is 6.27. The minimum absolute atomic E-state index is 0.0421. The van der Waals surface area contributed by atoms with E-state index in [0.29, 0.717) is 13.1 Å². The summed E-state index contributed by atoms with van der Waals surface area (Å²) in [6.45, 7) is 9.43. The van der Waals surface area contributed by atoms with E-state index < -0.39 is 11.6 Å². The van der Waals surface area contributed by atoms with Crippen molar-refractivity contribution in [2.45, 2.75) is 26.3 Å². The number of hydrogen-bond donors (Lipinski definition) is 1. The van der Waals surface area contributed by atoms with Crippen molar-refractivity contribution in [2.75, 3.05) is 31.1 Å². The first-order chi connectivity index (χ1) is 9.71. The van der Waals surface area contributed by atoms with Crippen LogP contribution in [-0.2, 0) is 0 Å². The lowest BCUT2D eigenvalue weighted by molar-refractivity contribution is 0.128. The molecule has 0 bridgehead atoms. The Bertz CT molecular complexity index is 547. The Balaban J connectivity index is 2.18. The van der Waals surface area contributed by atoms with Crippen LogP contribution in [0.2, 0.25) is 0 Å². The zero-order valence-corrected chi connectivity index (χ0v) is 13.4. The van der Waals surface area contributed by atoms with Crippen molar-refractivity contribution in [2.24, 2.45) is 5.73 Å². The highest BCUT2D eigenvalue weighted by molar-refractivity contribution is 7.80. The van der Waals surface area contributed by atoms with Crippen LogP contribution < -0.4 is 10.6 Å². The summed E-state index contributed by atoms with van der Waals surface area (Å²) in [6.07, 6.45) is 0. The molecule has 1 aromatic carbocycles. The second-order valence-corrected chi connectivity index (χ2v) is 6.71. The standard InChI is InChI=1S/C15H21F2N3S/c1-15(2,3)20-8-6-19(7-9-20)11-5-4-10(14(18)21)12(16)13(11)17/h4-5H,6-9H2,1-3H3,(H2,18,21). The molecule has 6 heteroatoms. The van der Waals surface area contributed by atoms with Crippen molar-refractivity contribution in [3.8, 4) is 0 Å². The van der Waals surface area contributed by atoms with Crippen molar-refractivity contribution in [1.29, 1.82) is 0 Å². The zero-order valence-electron chi connectivity index (χ0n) is 12.6. The van der Waals surface area contributed by atoms with E-state index in [1.165, 1.54) is 6.07 Å². The molecule has 1 aromatic rings. The van der Waals surface area contributed by atoms with Gasteiger partial charge in [0.15, 0.2) is 11.6 Å². The van der Waals surface area contributed by atoms with E-state index in [1.54, 1.807) is 6.07 Å². The first kappa shape index (κ1) is 16.1. The summed E-state index contributed by atoms with van der Waals surface area (Å²) >= 11 is 4.72. The van der Waals surface area contributed by atoms with Crippen molar-refractivity contribution in [3.05, 3.63) is 29.3 Å². The normalized spacial score (nSPS) is 17.1. The van der Waals surface area contributed by atoms with Crippen LogP contribution in [0.25, 0.3) is 0 Å². The predicted molar refractivity (Wildman–Crippen MR) is 85.8 cm³/mol. The molecule has 3 nitrogen and oxygen atoms in total. The van der Waals surface area contributed by atoms with E-state index in [-0.39, 0.29) is 21.8 Å². The summed E-state index contributed by atoms with van der Waals surface area (Å²) in [5.41, 5.74) is 5.71. The van der Waals surface area contributed by atoms with Crippen LogP contribution in [0.15, 0.2) is 12.1 Å². The summed E-state index contributed by atoms with van der Waals surface area (Å²) in [5, 5.41) is 0. The average molecular weight is 313 g/mol. The van der Waals surface area contributed by atoms with E-state index in [1.807, 2.05) is 4.90 Å². The summed E-state index contributed by atoms with van der Waals surface area (Å²) in [5.74, 6) is -1.83. The van der Waals surface area contributed by atoms with Crippen molar-refractivity contribution in [3.63, 3.8) is 0 Å². The third kappa shape index (κ3) is 3.32. The molecule has 0 aliphatic carbocycles. The van der Waals surface area contributed by atoms with Crippen LogP contribution in [0, 0.1) is 11.6 Å². The smallest absolute Gasteiger partial charge is 0.182 e. The quantitative estimate of drug-likeness (QED) is 0.851. The molecule has 2 N–H and O–H groups in total. The maximum absolute atomic E-state index is 14.2. The number of piperazine rings is 1. The number of halogens is 2. The molecule has 1 fully saturated rings. The van der Waals surface area contributed by atoms with Crippen LogP contribution >= 0.6 is 12.2 Å². The van der Waals surface area contributed by atoms with Crippen LogP contribution in [0.5, 0.6) is 0 Å². The molecular formula is C15H21F2N3S. The Labute approximate surface area is 129 Å². The van der Waals surface area contributed by atoms with Gasteiger partial charge in [0, 0.05) is 37.3 Å². The molecule has 0 spiro atoms. The maximum Gasteiger partial charge on any atom is 0.182 e. The highest BCUT2D eigenvalue weighted by atomic mass is 32.1. The molecule has 1 aliphatic rings. The Morgan fingerprint density at radius 3 is 2.14 bits per heavy atom. The molecule has 1 aliphatic heterocycles. The molecular weight excluding hydrogens is 292 g/mol. The molecule has 0 radical (unpaired) electrons. The molecule has 0 saturated carbocycles. The lowest BCUT2D eigenvalue weighted by Crippen LogP contribution is -2.53. The van der Waals surface area contributed by atoms with Gasteiger partial charge in [-0.2, -0.15) is 0 Å². The first-order valence-corrected chi connectivity index (χ1v) is 7.40. The molecule has 0 amide bonds. The Kier molecular flexibility index (Phi) is 4.49. The second kappa shape index (κ2) is 5.85. The summed E-state index contributed by atoms with van der Waals surface area (Å²) in [7, 11) is 0. The van der Waals surface area contributed by atoms with Crippen molar-refractivity contribution < 1.29 is 8.78 Å². The average Bonchev–Trinajstić information content (AvgIpc) is 2.40. The summed E-state index contributed by atoms with van der Waals surface area (Å²) in [6, 6.07) is 3.01. The van der Waals surface area contributed by atoms with Gasteiger partial charge in [0.2, 0.25) is 0 Å². The van der Waals surface area contributed by atoms with Gasteiger partial charge in [-0.3, -0.25) is 4.90 Å².